The van der Waals surface area contributed by atoms with Gasteiger partial charge in [0.1, 0.15) is 0 Å². The summed E-state index contributed by atoms with van der Waals surface area (Å²) >= 11 is 4.73. The molecule has 0 radical (unpaired) electrons. The van der Waals surface area contributed by atoms with E-state index in [9.17, 15) is 9.59 Å². The predicted molar refractivity (Wildman–Crippen MR) is 139 cm³/mol. The number of benzene rings is 2. The molecule has 0 saturated carbocycles. The van der Waals surface area contributed by atoms with Gasteiger partial charge >= 0.3 is 5.97 Å². The number of ether oxygens (including phenoxy) is 3. The zero-order valence-corrected chi connectivity index (χ0v) is 22.2. The quantitative estimate of drug-likeness (QED) is 0.411. The minimum Gasteiger partial charge on any atom is -0.493 e. The fourth-order valence-corrected chi connectivity index (χ4v) is 5.27. The molecule has 2 heterocycles. The van der Waals surface area contributed by atoms with Crippen LogP contribution in [0.5, 0.6) is 11.5 Å². The number of aromatic nitrogens is 1. The second-order valence-corrected chi connectivity index (χ2v) is 9.62. The van der Waals surface area contributed by atoms with Crippen molar-refractivity contribution < 1.29 is 19.0 Å². The summed E-state index contributed by atoms with van der Waals surface area (Å²) in [5.74, 6) is 0.743. The number of methoxy groups -OCH3 is 1. The molecule has 3 aromatic rings. The average molecular weight is 557 g/mol. The summed E-state index contributed by atoms with van der Waals surface area (Å²) in [7, 11) is 1.58. The van der Waals surface area contributed by atoms with Crippen LogP contribution >= 0.6 is 27.3 Å². The Balaban J connectivity index is 1.91. The molecule has 1 atom stereocenters. The van der Waals surface area contributed by atoms with E-state index in [0.717, 1.165) is 15.6 Å². The molecule has 0 fully saturated rings. The standard InChI is InChI=1S/C26H25BrN2O5S/c1-5-33-20-13-16(7-12-19(20)32-4)14-21-24(30)29-23(17-8-10-18(27)11-9-17)22(25(31)34-6-2)15(3)28-26(29)35-21/h7-14,23H,5-6H2,1-4H3/b21-14-/t23-/m0/s1. The van der Waals surface area contributed by atoms with E-state index in [0.29, 0.717) is 38.7 Å². The normalized spacial score (nSPS) is 15.5. The summed E-state index contributed by atoms with van der Waals surface area (Å²) in [6, 6.07) is 12.4. The fourth-order valence-electron chi connectivity index (χ4n) is 3.95. The Hall–Kier alpha value is -3.17. The molecule has 182 valence electrons. The van der Waals surface area contributed by atoms with Gasteiger partial charge in [0.05, 0.1) is 42.2 Å². The Labute approximate surface area is 215 Å². The third-order valence-corrected chi connectivity index (χ3v) is 7.00. The smallest absolute Gasteiger partial charge is 0.338 e. The van der Waals surface area contributed by atoms with Gasteiger partial charge in [-0.3, -0.25) is 9.36 Å². The third kappa shape index (κ3) is 4.97. The molecule has 0 N–H and O–H groups in total. The number of carbonyl (C=O) groups is 1. The zero-order valence-electron chi connectivity index (χ0n) is 19.8. The van der Waals surface area contributed by atoms with Crippen LogP contribution in [0.2, 0.25) is 0 Å². The summed E-state index contributed by atoms with van der Waals surface area (Å²) in [4.78, 5) is 31.8. The van der Waals surface area contributed by atoms with Gasteiger partial charge in [-0.2, -0.15) is 0 Å². The topological polar surface area (TPSA) is 79.1 Å². The molecule has 7 nitrogen and oxygen atoms in total. The van der Waals surface area contributed by atoms with Crippen LogP contribution in [0, 0.1) is 0 Å². The maximum atomic E-state index is 13.7. The Kier molecular flexibility index (Phi) is 7.57. The molecule has 0 unspecified atom stereocenters. The van der Waals surface area contributed by atoms with Crippen molar-refractivity contribution in [3.63, 3.8) is 0 Å². The van der Waals surface area contributed by atoms with Crippen LogP contribution in [-0.2, 0) is 9.53 Å². The molecule has 0 spiro atoms. The SMILES string of the molecule is CCOC(=O)C1=C(C)N=c2s/c(=C\c3ccc(OC)c(OCC)c3)c(=O)n2[C@H]1c1ccc(Br)cc1. The van der Waals surface area contributed by atoms with Gasteiger partial charge in [0.2, 0.25) is 0 Å². The van der Waals surface area contributed by atoms with Crippen molar-refractivity contribution >= 4 is 39.3 Å². The van der Waals surface area contributed by atoms with Gasteiger partial charge in [-0.25, -0.2) is 9.79 Å². The van der Waals surface area contributed by atoms with Crippen molar-refractivity contribution in [3.05, 3.63) is 89.0 Å². The third-order valence-electron chi connectivity index (χ3n) is 5.49. The molecule has 1 aliphatic heterocycles. The molecule has 1 aliphatic rings. The number of thiazole rings is 1. The van der Waals surface area contributed by atoms with Crippen LogP contribution in [0.4, 0.5) is 0 Å². The van der Waals surface area contributed by atoms with E-state index >= 15 is 0 Å². The van der Waals surface area contributed by atoms with E-state index in [1.807, 2.05) is 49.4 Å². The van der Waals surface area contributed by atoms with Crippen molar-refractivity contribution in [2.24, 2.45) is 4.99 Å². The minimum absolute atomic E-state index is 0.229. The lowest BCUT2D eigenvalue weighted by atomic mass is 9.96. The van der Waals surface area contributed by atoms with Gasteiger partial charge < -0.3 is 14.2 Å². The number of esters is 1. The molecule has 0 aliphatic carbocycles. The summed E-state index contributed by atoms with van der Waals surface area (Å²) in [6.07, 6.45) is 1.80. The van der Waals surface area contributed by atoms with E-state index in [4.69, 9.17) is 14.2 Å². The van der Waals surface area contributed by atoms with E-state index in [1.165, 1.54) is 11.3 Å². The maximum Gasteiger partial charge on any atom is 0.338 e. The molecule has 2 aromatic carbocycles. The summed E-state index contributed by atoms with van der Waals surface area (Å²) < 4.78 is 19.3. The number of allylic oxidation sites excluding steroid dienone is 1. The average Bonchev–Trinajstić information content (AvgIpc) is 3.13. The number of fused-ring (bicyclic) bond motifs is 1. The van der Waals surface area contributed by atoms with E-state index in [1.54, 1.807) is 31.6 Å². The maximum absolute atomic E-state index is 13.7. The lowest BCUT2D eigenvalue weighted by Gasteiger charge is -2.24. The minimum atomic E-state index is -0.643. The van der Waals surface area contributed by atoms with Crippen molar-refractivity contribution in [1.82, 2.24) is 4.57 Å². The Bertz CT molecular complexity index is 1470. The van der Waals surface area contributed by atoms with Crippen molar-refractivity contribution in [1.29, 1.82) is 0 Å². The van der Waals surface area contributed by atoms with E-state index < -0.39 is 12.0 Å². The van der Waals surface area contributed by atoms with Gasteiger partial charge in [0.15, 0.2) is 16.3 Å². The highest BCUT2D eigenvalue weighted by molar-refractivity contribution is 9.10. The number of rotatable bonds is 7. The largest absolute Gasteiger partial charge is 0.493 e. The van der Waals surface area contributed by atoms with E-state index in [-0.39, 0.29) is 12.2 Å². The van der Waals surface area contributed by atoms with Crippen LogP contribution in [0.25, 0.3) is 6.08 Å². The van der Waals surface area contributed by atoms with E-state index in [2.05, 4.69) is 20.9 Å². The lowest BCUT2D eigenvalue weighted by Crippen LogP contribution is -2.39. The number of hydrogen-bond donors (Lipinski definition) is 0. The van der Waals surface area contributed by atoms with Crippen LogP contribution in [0.3, 0.4) is 0 Å². The first-order chi connectivity index (χ1) is 16.9. The highest BCUT2D eigenvalue weighted by atomic mass is 79.9. The monoisotopic (exact) mass is 556 g/mol. The Morgan fingerprint density at radius 2 is 1.89 bits per heavy atom. The molecular formula is C26H25BrN2O5S. The molecule has 0 bridgehead atoms. The summed E-state index contributed by atoms with van der Waals surface area (Å²) in [5.41, 5.74) is 2.25. The van der Waals surface area contributed by atoms with Gasteiger partial charge in [0, 0.05) is 4.47 Å². The first-order valence-corrected chi connectivity index (χ1v) is 12.7. The first-order valence-electron chi connectivity index (χ1n) is 11.1. The van der Waals surface area contributed by atoms with Crippen LogP contribution in [0.1, 0.15) is 37.9 Å². The molecule has 35 heavy (non-hydrogen) atoms. The molecule has 0 saturated heterocycles. The van der Waals surface area contributed by atoms with Crippen LogP contribution in [0.15, 0.2) is 68.0 Å². The molecule has 0 amide bonds. The Morgan fingerprint density at radius 1 is 1.14 bits per heavy atom. The van der Waals surface area contributed by atoms with Gasteiger partial charge in [-0.1, -0.05) is 45.5 Å². The molecule has 1 aromatic heterocycles. The second kappa shape index (κ2) is 10.6. The highest BCUT2D eigenvalue weighted by Crippen LogP contribution is 2.31. The number of halogens is 1. The lowest BCUT2D eigenvalue weighted by molar-refractivity contribution is -0.139. The van der Waals surface area contributed by atoms with Crippen LogP contribution < -0.4 is 24.4 Å². The van der Waals surface area contributed by atoms with Crippen molar-refractivity contribution in [2.75, 3.05) is 20.3 Å². The van der Waals surface area contributed by atoms with Gasteiger partial charge in [-0.15, -0.1) is 0 Å². The van der Waals surface area contributed by atoms with Gasteiger partial charge in [-0.05, 0) is 62.2 Å². The summed E-state index contributed by atoms with van der Waals surface area (Å²) in [6.45, 7) is 6.14. The summed E-state index contributed by atoms with van der Waals surface area (Å²) in [5, 5.41) is 0. The number of carbonyl (C=O) groups excluding carboxylic acids is 1. The predicted octanol–water partition coefficient (Wildman–Crippen LogP) is 3.97. The molecule has 4 rings (SSSR count). The molecular weight excluding hydrogens is 532 g/mol. The first kappa shape index (κ1) is 24.9. The number of nitrogens with zero attached hydrogens (tertiary/aromatic N) is 2. The van der Waals surface area contributed by atoms with Crippen molar-refractivity contribution in [3.8, 4) is 11.5 Å². The van der Waals surface area contributed by atoms with Crippen molar-refractivity contribution in [2.45, 2.75) is 26.8 Å². The van der Waals surface area contributed by atoms with Crippen LogP contribution in [-0.4, -0.2) is 30.9 Å². The highest BCUT2D eigenvalue weighted by Gasteiger charge is 2.33. The Morgan fingerprint density at radius 3 is 2.54 bits per heavy atom. The molecule has 9 heteroatoms. The zero-order chi connectivity index (χ0) is 25.1. The second-order valence-electron chi connectivity index (χ2n) is 7.70. The fraction of sp³-hybridized carbons (Fsp3) is 0.269. The van der Waals surface area contributed by atoms with Gasteiger partial charge in [0.25, 0.3) is 5.56 Å². The number of hydrogen-bond acceptors (Lipinski definition) is 7.